The lowest BCUT2D eigenvalue weighted by molar-refractivity contribution is 0.102. The van der Waals surface area contributed by atoms with Gasteiger partial charge in [0, 0.05) is 11.3 Å². The number of nitrogens with zero attached hydrogens (tertiary/aromatic N) is 3. The minimum atomic E-state index is -0.216. The maximum absolute atomic E-state index is 12.3. The Balaban J connectivity index is 2.18. The lowest BCUT2D eigenvalue weighted by Crippen LogP contribution is -2.20. The highest BCUT2D eigenvalue weighted by Crippen LogP contribution is 2.27. The van der Waals surface area contributed by atoms with Crippen LogP contribution in [0.4, 0.5) is 5.95 Å². The van der Waals surface area contributed by atoms with Crippen molar-refractivity contribution in [1.82, 2.24) is 20.2 Å². The minimum Gasteiger partial charge on any atom is -0.288 e. The van der Waals surface area contributed by atoms with Crippen molar-refractivity contribution in [2.75, 3.05) is 5.32 Å². The van der Waals surface area contributed by atoms with Gasteiger partial charge in [0.1, 0.15) is 10.7 Å². The highest BCUT2D eigenvalue weighted by Gasteiger charge is 2.25. The molecular weight excluding hydrogens is 274 g/mol. The van der Waals surface area contributed by atoms with Crippen LogP contribution in [0.2, 0.25) is 0 Å². The van der Waals surface area contributed by atoms with Crippen LogP contribution >= 0.6 is 11.3 Å². The van der Waals surface area contributed by atoms with Crippen LogP contribution in [-0.2, 0) is 5.41 Å². The predicted octanol–water partition coefficient (Wildman–Crippen LogP) is 2.93. The number of thiazole rings is 1. The number of aromatic amines is 1. The number of aromatic nitrogens is 4. The smallest absolute Gasteiger partial charge is 0.270 e. The van der Waals surface area contributed by atoms with E-state index in [9.17, 15) is 4.79 Å². The summed E-state index contributed by atoms with van der Waals surface area (Å²) in [5, 5.41) is 9.52. The number of carbonyl (C=O) groups is 1. The Bertz CT molecular complexity index is 608. The molecule has 0 fully saturated rings. The highest BCUT2D eigenvalue weighted by atomic mass is 32.1. The normalized spacial score (nSPS) is 11.9. The molecule has 0 aromatic carbocycles. The van der Waals surface area contributed by atoms with Gasteiger partial charge in [-0.3, -0.25) is 15.2 Å². The third kappa shape index (κ3) is 3.04. The van der Waals surface area contributed by atoms with Gasteiger partial charge in [-0.2, -0.15) is 4.98 Å². The summed E-state index contributed by atoms with van der Waals surface area (Å²) in [6.07, 6.45) is 0. The van der Waals surface area contributed by atoms with Crippen LogP contribution in [0.15, 0.2) is 5.51 Å². The fraction of sp³-hybridized carbons (Fsp3) is 0.538. The molecule has 0 saturated carbocycles. The first-order valence-electron chi connectivity index (χ1n) is 6.46. The van der Waals surface area contributed by atoms with E-state index in [1.54, 1.807) is 5.51 Å². The van der Waals surface area contributed by atoms with Crippen LogP contribution in [0.5, 0.6) is 0 Å². The molecule has 0 unspecified atom stereocenters. The van der Waals surface area contributed by atoms with Crippen molar-refractivity contribution in [3.05, 3.63) is 21.9 Å². The summed E-state index contributed by atoms with van der Waals surface area (Å²) in [5.74, 6) is 1.07. The molecule has 0 spiro atoms. The minimum absolute atomic E-state index is 0.172. The first-order chi connectivity index (χ1) is 9.29. The maximum Gasteiger partial charge on any atom is 0.270 e. The van der Waals surface area contributed by atoms with Crippen molar-refractivity contribution >= 4 is 23.2 Å². The van der Waals surface area contributed by atoms with Gasteiger partial charge in [-0.1, -0.05) is 34.6 Å². The first kappa shape index (κ1) is 14.6. The number of hydrogen-bond donors (Lipinski definition) is 2. The van der Waals surface area contributed by atoms with E-state index in [-0.39, 0.29) is 17.2 Å². The zero-order chi connectivity index (χ0) is 14.9. The van der Waals surface area contributed by atoms with Gasteiger partial charge in [0.05, 0.1) is 11.2 Å². The molecule has 0 saturated heterocycles. The molecule has 7 heteroatoms. The van der Waals surface area contributed by atoms with Crippen molar-refractivity contribution in [2.45, 2.75) is 46.0 Å². The van der Waals surface area contributed by atoms with Crippen molar-refractivity contribution in [3.8, 4) is 0 Å². The van der Waals surface area contributed by atoms with Crippen molar-refractivity contribution in [3.63, 3.8) is 0 Å². The zero-order valence-electron chi connectivity index (χ0n) is 12.3. The van der Waals surface area contributed by atoms with E-state index in [0.717, 1.165) is 11.5 Å². The molecule has 1 amide bonds. The second-order valence-corrected chi connectivity index (χ2v) is 6.79. The van der Waals surface area contributed by atoms with Gasteiger partial charge in [-0.15, -0.1) is 16.4 Å². The van der Waals surface area contributed by atoms with Crippen LogP contribution in [0, 0.1) is 0 Å². The Morgan fingerprint density at radius 3 is 2.65 bits per heavy atom. The lowest BCUT2D eigenvalue weighted by atomic mass is 9.91. The lowest BCUT2D eigenvalue weighted by Gasteiger charge is -2.16. The molecular formula is C13H19N5OS. The summed E-state index contributed by atoms with van der Waals surface area (Å²) in [7, 11) is 0. The number of H-pyrrole nitrogens is 1. The summed E-state index contributed by atoms with van der Waals surface area (Å²) in [6, 6.07) is 0. The van der Waals surface area contributed by atoms with Crippen molar-refractivity contribution in [1.29, 1.82) is 0 Å². The van der Waals surface area contributed by atoms with Crippen molar-refractivity contribution < 1.29 is 4.79 Å². The molecule has 6 nitrogen and oxygen atoms in total. The highest BCUT2D eigenvalue weighted by molar-refractivity contribution is 7.12. The van der Waals surface area contributed by atoms with E-state index in [4.69, 9.17) is 0 Å². The largest absolute Gasteiger partial charge is 0.288 e. The van der Waals surface area contributed by atoms with Crippen LogP contribution in [0.3, 0.4) is 0 Å². The Morgan fingerprint density at radius 1 is 1.40 bits per heavy atom. The Hall–Kier alpha value is -1.76. The molecule has 0 aliphatic heterocycles. The summed E-state index contributed by atoms with van der Waals surface area (Å²) in [4.78, 5) is 21.4. The van der Waals surface area contributed by atoms with Gasteiger partial charge < -0.3 is 0 Å². The number of nitrogens with one attached hydrogen (secondary N) is 2. The molecule has 0 aliphatic carbocycles. The van der Waals surface area contributed by atoms with Gasteiger partial charge in [-0.05, 0) is 0 Å². The van der Waals surface area contributed by atoms with Crippen LogP contribution in [-0.4, -0.2) is 26.1 Å². The van der Waals surface area contributed by atoms with Crippen LogP contribution in [0.25, 0.3) is 0 Å². The third-order valence-electron chi connectivity index (χ3n) is 2.76. The summed E-state index contributed by atoms with van der Waals surface area (Å²) < 4.78 is 0. The first-order valence-corrected chi connectivity index (χ1v) is 7.34. The second-order valence-electron chi connectivity index (χ2n) is 5.93. The van der Waals surface area contributed by atoms with E-state index < -0.39 is 0 Å². The molecule has 108 valence electrons. The van der Waals surface area contributed by atoms with E-state index in [1.165, 1.54) is 11.3 Å². The molecule has 2 aromatic heterocycles. The van der Waals surface area contributed by atoms with Crippen LogP contribution < -0.4 is 5.32 Å². The quantitative estimate of drug-likeness (QED) is 0.911. The molecule has 20 heavy (non-hydrogen) atoms. The van der Waals surface area contributed by atoms with E-state index in [0.29, 0.717) is 10.8 Å². The molecule has 2 heterocycles. The second kappa shape index (κ2) is 5.32. The summed E-state index contributed by atoms with van der Waals surface area (Å²) in [6.45, 7) is 10.1. The van der Waals surface area contributed by atoms with E-state index >= 15 is 0 Å². The number of amides is 1. The summed E-state index contributed by atoms with van der Waals surface area (Å²) >= 11 is 1.33. The summed E-state index contributed by atoms with van der Waals surface area (Å²) in [5.41, 5.74) is 2.31. The molecule has 0 atom stereocenters. The Kier molecular flexibility index (Phi) is 3.89. The predicted molar refractivity (Wildman–Crippen MR) is 79.2 cm³/mol. The van der Waals surface area contributed by atoms with Gasteiger partial charge in [0.2, 0.25) is 5.95 Å². The zero-order valence-corrected chi connectivity index (χ0v) is 13.1. The number of carbonyl (C=O) groups excluding carboxylic acids is 1. The molecule has 2 N–H and O–H groups in total. The molecule has 0 bridgehead atoms. The van der Waals surface area contributed by atoms with Gasteiger partial charge in [0.15, 0.2) is 0 Å². The average Bonchev–Trinajstić information content (AvgIpc) is 2.95. The SMILES string of the molecule is CC(C)c1nc(NC(=O)c2scnc2C(C)(C)C)n[nH]1. The van der Waals surface area contributed by atoms with Gasteiger partial charge >= 0.3 is 0 Å². The Morgan fingerprint density at radius 2 is 2.10 bits per heavy atom. The fourth-order valence-electron chi connectivity index (χ4n) is 1.69. The van der Waals surface area contributed by atoms with E-state index in [1.807, 2.05) is 34.6 Å². The third-order valence-corrected chi connectivity index (χ3v) is 3.58. The number of rotatable bonds is 3. The molecule has 2 aromatic rings. The van der Waals surface area contributed by atoms with E-state index in [2.05, 4.69) is 25.5 Å². The molecule has 2 rings (SSSR count). The van der Waals surface area contributed by atoms with Crippen LogP contribution in [0.1, 0.15) is 61.7 Å². The maximum atomic E-state index is 12.3. The van der Waals surface area contributed by atoms with Crippen molar-refractivity contribution in [2.24, 2.45) is 0 Å². The Labute approximate surface area is 122 Å². The molecule has 0 aliphatic rings. The average molecular weight is 293 g/mol. The standard InChI is InChI=1S/C13H19N5OS/c1-7(2)10-15-12(18-17-10)16-11(19)8-9(13(3,4)5)14-6-20-8/h6-7H,1-5H3,(H2,15,16,17,18,19). The number of anilines is 1. The topological polar surface area (TPSA) is 83.6 Å². The van der Waals surface area contributed by atoms with Gasteiger partial charge in [0.25, 0.3) is 5.91 Å². The fourth-order valence-corrected chi connectivity index (χ4v) is 2.58. The van der Waals surface area contributed by atoms with Gasteiger partial charge in [-0.25, -0.2) is 4.98 Å². The number of hydrogen-bond acceptors (Lipinski definition) is 5. The monoisotopic (exact) mass is 293 g/mol. The molecule has 0 radical (unpaired) electrons.